The lowest BCUT2D eigenvalue weighted by molar-refractivity contribution is -0.141. The van der Waals surface area contributed by atoms with E-state index >= 15 is 0 Å². The van der Waals surface area contributed by atoms with Gasteiger partial charge in [0.1, 0.15) is 34.4 Å². The van der Waals surface area contributed by atoms with Gasteiger partial charge in [0, 0.05) is 0 Å². The van der Waals surface area contributed by atoms with E-state index in [4.69, 9.17) is 16.3 Å². The first-order valence-corrected chi connectivity index (χ1v) is 9.54. The number of halogens is 5. The third-order valence-electron chi connectivity index (χ3n) is 4.83. The number of ether oxygens (including phenoxy) is 1. The molecule has 4 nitrogen and oxygen atoms in total. The van der Waals surface area contributed by atoms with Crippen LogP contribution >= 0.6 is 11.6 Å². The third-order valence-corrected chi connectivity index (χ3v) is 5.15. The molecule has 0 radical (unpaired) electrons. The van der Waals surface area contributed by atoms with Crippen molar-refractivity contribution >= 4 is 28.8 Å². The Bertz CT molecular complexity index is 1260. The molecule has 4 aromatic rings. The number of pyridine rings is 1. The van der Waals surface area contributed by atoms with Crippen LogP contribution in [0.15, 0.2) is 54.6 Å². The van der Waals surface area contributed by atoms with Crippen molar-refractivity contribution in [2.75, 3.05) is 12.4 Å². The highest BCUT2D eigenvalue weighted by molar-refractivity contribution is 6.33. The molecule has 0 saturated heterocycles. The van der Waals surface area contributed by atoms with E-state index < -0.39 is 17.7 Å². The lowest BCUT2D eigenvalue weighted by Gasteiger charge is -2.17. The predicted octanol–water partition coefficient (Wildman–Crippen LogP) is 6.87. The maximum Gasteiger partial charge on any atom is 0.431 e. The van der Waals surface area contributed by atoms with E-state index in [2.05, 4.69) is 10.3 Å². The van der Waals surface area contributed by atoms with Crippen LogP contribution in [0.1, 0.15) is 11.3 Å². The molecule has 1 N–H and O–H groups in total. The van der Waals surface area contributed by atoms with Crippen molar-refractivity contribution in [2.45, 2.75) is 13.1 Å². The first kappa shape index (κ1) is 21.0. The second-order valence-electron chi connectivity index (χ2n) is 6.79. The lowest BCUT2D eigenvalue weighted by Crippen LogP contribution is -2.13. The Hall–Kier alpha value is -3.26. The molecule has 0 aliphatic rings. The summed E-state index contributed by atoms with van der Waals surface area (Å²) in [6, 6.07) is 12.8. The summed E-state index contributed by atoms with van der Waals surface area (Å²) >= 11 is 6.30. The number of para-hydroxylation sites is 1. The Morgan fingerprint density at radius 3 is 2.42 bits per heavy atom. The van der Waals surface area contributed by atoms with E-state index in [9.17, 15) is 17.6 Å². The van der Waals surface area contributed by atoms with Gasteiger partial charge in [-0.3, -0.25) is 4.40 Å². The summed E-state index contributed by atoms with van der Waals surface area (Å²) in [5, 5.41) is 3.27. The zero-order valence-corrected chi connectivity index (χ0v) is 17.1. The number of rotatable bonds is 4. The van der Waals surface area contributed by atoms with Gasteiger partial charge in [0.25, 0.3) is 0 Å². The molecule has 0 aliphatic carbocycles. The van der Waals surface area contributed by atoms with Crippen molar-refractivity contribution in [2.24, 2.45) is 0 Å². The van der Waals surface area contributed by atoms with Gasteiger partial charge in [0.2, 0.25) is 0 Å². The Labute approximate surface area is 180 Å². The summed E-state index contributed by atoms with van der Waals surface area (Å²) in [6.07, 6.45) is -4.68. The molecule has 31 heavy (non-hydrogen) atoms. The molecular weight excluding hydrogens is 434 g/mol. The molecule has 0 atom stereocenters. The van der Waals surface area contributed by atoms with Crippen LogP contribution in [0.2, 0.25) is 5.02 Å². The van der Waals surface area contributed by atoms with Gasteiger partial charge >= 0.3 is 6.18 Å². The molecular formula is C22H16ClF4N3O. The summed E-state index contributed by atoms with van der Waals surface area (Å²) in [5.41, 5.74) is 0.00601. The standard InChI is InChI=1S/C22H16ClF4N3O/c1-12-6-3-7-13(23)19(12)29-21-20(18-14(24)8-4-9-15(18)31-2)28-17-11-5-10-16(30(17)21)22(25,26)27/h3-11,29H,1-2H3. The molecule has 0 saturated carbocycles. The average Bonchev–Trinajstić information content (AvgIpc) is 3.07. The maximum absolute atomic E-state index is 14.9. The van der Waals surface area contributed by atoms with Crippen molar-refractivity contribution in [1.82, 2.24) is 9.38 Å². The van der Waals surface area contributed by atoms with Gasteiger partial charge in [-0.05, 0) is 42.8 Å². The largest absolute Gasteiger partial charge is 0.496 e. The number of methoxy groups -OCH3 is 1. The van der Waals surface area contributed by atoms with Gasteiger partial charge in [-0.15, -0.1) is 0 Å². The SMILES string of the molecule is COc1cccc(F)c1-c1nc2cccc(C(F)(F)F)n2c1Nc1c(C)cccc1Cl. The van der Waals surface area contributed by atoms with Crippen LogP contribution in [0.4, 0.5) is 29.1 Å². The first-order valence-electron chi connectivity index (χ1n) is 9.16. The van der Waals surface area contributed by atoms with Gasteiger partial charge in [-0.25, -0.2) is 9.37 Å². The zero-order chi connectivity index (χ0) is 22.3. The first-order chi connectivity index (χ1) is 14.7. The molecule has 0 unspecified atom stereocenters. The Morgan fingerprint density at radius 1 is 1.03 bits per heavy atom. The van der Waals surface area contributed by atoms with E-state index in [1.54, 1.807) is 25.1 Å². The summed E-state index contributed by atoms with van der Waals surface area (Å²) in [6.45, 7) is 1.76. The minimum Gasteiger partial charge on any atom is -0.496 e. The van der Waals surface area contributed by atoms with Crippen LogP contribution in [-0.4, -0.2) is 16.5 Å². The molecule has 2 aromatic carbocycles. The molecule has 160 valence electrons. The number of benzene rings is 2. The van der Waals surface area contributed by atoms with Crippen LogP contribution in [0.3, 0.4) is 0 Å². The number of alkyl halides is 3. The Balaban J connectivity index is 2.10. The van der Waals surface area contributed by atoms with Crippen LogP contribution in [0, 0.1) is 12.7 Å². The normalized spacial score (nSPS) is 11.7. The molecule has 0 aliphatic heterocycles. The second-order valence-corrected chi connectivity index (χ2v) is 7.19. The van der Waals surface area contributed by atoms with Crippen molar-refractivity contribution in [3.05, 3.63) is 76.7 Å². The van der Waals surface area contributed by atoms with Gasteiger partial charge in [0.15, 0.2) is 0 Å². The van der Waals surface area contributed by atoms with E-state index in [-0.39, 0.29) is 28.5 Å². The van der Waals surface area contributed by atoms with Gasteiger partial charge in [-0.2, -0.15) is 13.2 Å². The smallest absolute Gasteiger partial charge is 0.431 e. The third kappa shape index (κ3) is 3.67. The average molecular weight is 450 g/mol. The minimum atomic E-state index is -4.68. The van der Waals surface area contributed by atoms with Crippen molar-refractivity contribution in [3.63, 3.8) is 0 Å². The number of hydrogen-bond acceptors (Lipinski definition) is 3. The molecule has 2 aromatic heterocycles. The van der Waals surface area contributed by atoms with Crippen LogP contribution in [0.5, 0.6) is 5.75 Å². The fraction of sp³-hybridized carbons (Fsp3) is 0.136. The summed E-state index contributed by atoms with van der Waals surface area (Å²) in [4.78, 5) is 4.32. The van der Waals surface area contributed by atoms with E-state index in [0.717, 1.165) is 10.5 Å². The molecule has 0 amide bonds. The van der Waals surface area contributed by atoms with Crippen molar-refractivity contribution in [1.29, 1.82) is 0 Å². The fourth-order valence-corrected chi connectivity index (χ4v) is 3.69. The Morgan fingerprint density at radius 2 is 1.74 bits per heavy atom. The Kier molecular flexibility index (Phi) is 5.26. The van der Waals surface area contributed by atoms with Gasteiger partial charge in [0.05, 0.1) is 23.4 Å². The zero-order valence-electron chi connectivity index (χ0n) is 16.4. The number of aromatic nitrogens is 2. The molecule has 4 rings (SSSR count). The van der Waals surface area contributed by atoms with Crippen LogP contribution in [0.25, 0.3) is 16.9 Å². The highest BCUT2D eigenvalue weighted by atomic mass is 35.5. The number of fused-ring (bicyclic) bond motifs is 1. The monoisotopic (exact) mass is 449 g/mol. The summed E-state index contributed by atoms with van der Waals surface area (Å²) in [7, 11) is 1.35. The minimum absolute atomic E-state index is 0.0117. The number of anilines is 2. The predicted molar refractivity (Wildman–Crippen MR) is 112 cm³/mol. The molecule has 0 spiro atoms. The fourth-order valence-electron chi connectivity index (χ4n) is 3.42. The number of imidazole rings is 1. The topological polar surface area (TPSA) is 38.6 Å². The van der Waals surface area contributed by atoms with Crippen molar-refractivity contribution in [3.8, 4) is 17.0 Å². The van der Waals surface area contributed by atoms with E-state index in [0.29, 0.717) is 16.3 Å². The number of nitrogens with one attached hydrogen (secondary N) is 1. The molecule has 9 heteroatoms. The highest BCUT2D eigenvalue weighted by Gasteiger charge is 2.35. The summed E-state index contributed by atoms with van der Waals surface area (Å²) in [5.74, 6) is -0.631. The molecule has 0 fully saturated rings. The van der Waals surface area contributed by atoms with Crippen LogP contribution in [-0.2, 0) is 6.18 Å². The van der Waals surface area contributed by atoms with E-state index in [1.807, 2.05) is 0 Å². The molecule has 0 bridgehead atoms. The van der Waals surface area contributed by atoms with Gasteiger partial charge < -0.3 is 10.1 Å². The van der Waals surface area contributed by atoms with Gasteiger partial charge in [-0.1, -0.05) is 35.9 Å². The highest BCUT2D eigenvalue weighted by Crippen LogP contribution is 2.42. The number of hydrogen-bond donors (Lipinski definition) is 1. The summed E-state index contributed by atoms with van der Waals surface area (Å²) < 4.78 is 62.5. The van der Waals surface area contributed by atoms with Crippen LogP contribution < -0.4 is 10.1 Å². The number of aryl methyl sites for hydroxylation is 1. The van der Waals surface area contributed by atoms with Crippen molar-refractivity contribution < 1.29 is 22.3 Å². The quantitative estimate of drug-likeness (QED) is 0.345. The second kappa shape index (κ2) is 7.77. The number of nitrogens with zero attached hydrogens (tertiary/aromatic N) is 2. The van der Waals surface area contributed by atoms with E-state index in [1.165, 1.54) is 37.4 Å². The molecule has 2 heterocycles. The lowest BCUT2D eigenvalue weighted by atomic mass is 10.1. The maximum atomic E-state index is 14.9.